The van der Waals surface area contributed by atoms with Crippen LogP contribution in [-0.4, -0.2) is 19.0 Å². The summed E-state index contributed by atoms with van der Waals surface area (Å²) in [6.07, 6.45) is 5.51. The minimum atomic E-state index is 0.0446. The molecule has 0 bridgehead atoms. The predicted molar refractivity (Wildman–Crippen MR) is 97.7 cm³/mol. The van der Waals surface area contributed by atoms with Gasteiger partial charge in [-0.3, -0.25) is 4.79 Å². The van der Waals surface area contributed by atoms with Crippen LogP contribution in [0.4, 0.5) is 0 Å². The van der Waals surface area contributed by atoms with Gasteiger partial charge in [0.15, 0.2) is 5.78 Å². The summed E-state index contributed by atoms with van der Waals surface area (Å²) in [4.78, 5) is 12.0. The lowest BCUT2D eigenvalue weighted by atomic mass is 9.77. The Morgan fingerprint density at radius 3 is 2.22 bits per heavy atom. The Labute approximate surface area is 141 Å². The molecule has 1 atom stereocenters. The number of ether oxygens (including phenoxy) is 1. The molecule has 0 heterocycles. The SMILES string of the molecule is CC(C)(C)C=CC(CCOCC(=O)c1ccccc1)C(C)(C)C. The second-order valence-electron chi connectivity index (χ2n) is 8.33. The minimum Gasteiger partial charge on any atom is -0.373 e. The maximum absolute atomic E-state index is 12.0. The Morgan fingerprint density at radius 1 is 1.09 bits per heavy atom. The van der Waals surface area contributed by atoms with Gasteiger partial charge in [0.1, 0.15) is 6.61 Å². The van der Waals surface area contributed by atoms with Crippen LogP contribution in [0.2, 0.25) is 0 Å². The van der Waals surface area contributed by atoms with Crippen LogP contribution in [0.15, 0.2) is 42.5 Å². The quantitative estimate of drug-likeness (QED) is 0.375. The van der Waals surface area contributed by atoms with E-state index in [1.165, 1.54) is 0 Å². The van der Waals surface area contributed by atoms with Gasteiger partial charge in [-0.15, -0.1) is 0 Å². The smallest absolute Gasteiger partial charge is 0.188 e. The summed E-state index contributed by atoms with van der Waals surface area (Å²) in [5.41, 5.74) is 1.09. The molecule has 0 aliphatic rings. The molecule has 0 aliphatic carbocycles. The average molecular weight is 316 g/mol. The molecule has 1 aromatic rings. The lowest BCUT2D eigenvalue weighted by molar-refractivity contribution is 0.0712. The largest absolute Gasteiger partial charge is 0.373 e. The van der Waals surface area contributed by atoms with Crippen molar-refractivity contribution < 1.29 is 9.53 Å². The van der Waals surface area contributed by atoms with E-state index in [1.807, 2.05) is 30.3 Å². The summed E-state index contributed by atoms with van der Waals surface area (Å²) < 4.78 is 5.62. The van der Waals surface area contributed by atoms with E-state index < -0.39 is 0 Å². The number of hydrogen-bond acceptors (Lipinski definition) is 2. The molecule has 0 amide bonds. The number of benzene rings is 1. The highest BCUT2D eigenvalue weighted by molar-refractivity contribution is 5.96. The van der Waals surface area contributed by atoms with Gasteiger partial charge in [0, 0.05) is 12.2 Å². The van der Waals surface area contributed by atoms with Gasteiger partial charge in [-0.05, 0) is 23.2 Å². The molecule has 1 aromatic carbocycles. The topological polar surface area (TPSA) is 26.3 Å². The Hall–Kier alpha value is -1.41. The first-order chi connectivity index (χ1) is 10.6. The lowest BCUT2D eigenvalue weighted by Gasteiger charge is -2.29. The number of rotatable bonds is 7. The second kappa shape index (κ2) is 8.44. The maximum Gasteiger partial charge on any atom is 0.188 e. The third kappa shape index (κ3) is 8.13. The highest BCUT2D eigenvalue weighted by Gasteiger charge is 2.22. The Bertz CT molecular complexity index is 501. The first-order valence-corrected chi connectivity index (χ1v) is 8.45. The van der Waals surface area contributed by atoms with Crippen molar-refractivity contribution in [2.24, 2.45) is 16.7 Å². The van der Waals surface area contributed by atoms with Crippen LogP contribution < -0.4 is 0 Å². The van der Waals surface area contributed by atoms with Crippen LogP contribution >= 0.6 is 0 Å². The standard InChI is InChI=1S/C21H32O2/c1-20(2,3)14-12-18(21(4,5)6)13-15-23-16-19(22)17-10-8-7-9-11-17/h7-12,14,18H,13,15-16H2,1-6H3. The summed E-state index contributed by atoms with van der Waals surface area (Å²) in [5.74, 6) is 0.483. The van der Waals surface area contributed by atoms with E-state index in [9.17, 15) is 4.79 Å². The van der Waals surface area contributed by atoms with Crippen molar-refractivity contribution in [2.75, 3.05) is 13.2 Å². The van der Waals surface area contributed by atoms with Crippen molar-refractivity contribution >= 4 is 5.78 Å². The van der Waals surface area contributed by atoms with Crippen LogP contribution in [-0.2, 0) is 4.74 Å². The molecule has 23 heavy (non-hydrogen) atoms. The van der Waals surface area contributed by atoms with Crippen LogP contribution in [0.25, 0.3) is 0 Å². The lowest BCUT2D eigenvalue weighted by Crippen LogP contribution is -2.21. The zero-order valence-corrected chi connectivity index (χ0v) is 15.6. The molecular weight excluding hydrogens is 284 g/mol. The number of ketones is 1. The van der Waals surface area contributed by atoms with Gasteiger partial charge in [-0.2, -0.15) is 0 Å². The van der Waals surface area contributed by atoms with E-state index in [0.29, 0.717) is 18.1 Å². The third-order valence-corrected chi connectivity index (χ3v) is 3.84. The number of carbonyl (C=O) groups excluding carboxylic acids is 1. The molecule has 1 rings (SSSR count). The molecule has 0 saturated carbocycles. The van der Waals surface area contributed by atoms with Crippen molar-refractivity contribution in [3.05, 3.63) is 48.0 Å². The van der Waals surface area contributed by atoms with Gasteiger partial charge in [-0.25, -0.2) is 0 Å². The predicted octanol–water partition coefficient (Wildman–Crippen LogP) is 5.54. The van der Waals surface area contributed by atoms with E-state index >= 15 is 0 Å². The minimum absolute atomic E-state index is 0.0446. The van der Waals surface area contributed by atoms with Crippen molar-refractivity contribution in [2.45, 2.75) is 48.0 Å². The molecule has 0 N–H and O–H groups in total. The normalized spacial score (nSPS) is 14.2. The van der Waals surface area contributed by atoms with Crippen molar-refractivity contribution in [3.63, 3.8) is 0 Å². The highest BCUT2D eigenvalue weighted by atomic mass is 16.5. The molecule has 0 spiro atoms. The molecule has 0 radical (unpaired) electrons. The van der Waals surface area contributed by atoms with Crippen molar-refractivity contribution in [1.82, 2.24) is 0 Å². The second-order valence-corrected chi connectivity index (χ2v) is 8.33. The highest BCUT2D eigenvalue weighted by Crippen LogP contribution is 2.31. The monoisotopic (exact) mass is 316 g/mol. The maximum atomic E-state index is 12.0. The van der Waals surface area contributed by atoms with Crippen molar-refractivity contribution in [1.29, 1.82) is 0 Å². The van der Waals surface area contributed by atoms with Gasteiger partial charge >= 0.3 is 0 Å². The molecule has 128 valence electrons. The van der Waals surface area contributed by atoms with Crippen LogP contribution in [0.5, 0.6) is 0 Å². The fourth-order valence-electron chi connectivity index (χ4n) is 2.31. The van der Waals surface area contributed by atoms with Gasteiger partial charge in [-0.1, -0.05) is 84.0 Å². The van der Waals surface area contributed by atoms with Crippen LogP contribution in [0.3, 0.4) is 0 Å². The summed E-state index contributed by atoms with van der Waals surface area (Å²) >= 11 is 0. The third-order valence-electron chi connectivity index (χ3n) is 3.84. The summed E-state index contributed by atoms with van der Waals surface area (Å²) in [6.45, 7) is 14.1. The Kier molecular flexibility index (Phi) is 7.21. The summed E-state index contributed by atoms with van der Waals surface area (Å²) in [7, 11) is 0. The van der Waals surface area contributed by atoms with Gasteiger partial charge < -0.3 is 4.74 Å². The first-order valence-electron chi connectivity index (χ1n) is 8.45. The number of hydrogen-bond donors (Lipinski definition) is 0. The fourth-order valence-corrected chi connectivity index (χ4v) is 2.31. The Balaban J connectivity index is 2.47. The number of allylic oxidation sites excluding steroid dienone is 2. The number of carbonyl (C=O) groups is 1. The average Bonchev–Trinajstić information content (AvgIpc) is 2.44. The van der Waals surface area contributed by atoms with Gasteiger partial charge in [0.25, 0.3) is 0 Å². The van der Waals surface area contributed by atoms with E-state index in [0.717, 1.165) is 6.42 Å². The van der Waals surface area contributed by atoms with Gasteiger partial charge in [0.2, 0.25) is 0 Å². The molecule has 0 saturated heterocycles. The molecule has 0 aliphatic heterocycles. The fraction of sp³-hybridized carbons (Fsp3) is 0.571. The molecule has 0 fully saturated rings. The summed E-state index contributed by atoms with van der Waals surface area (Å²) in [5, 5.41) is 0. The summed E-state index contributed by atoms with van der Waals surface area (Å²) in [6, 6.07) is 9.32. The molecular formula is C21H32O2. The van der Waals surface area contributed by atoms with Crippen LogP contribution in [0.1, 0.15) is 58.3 Å². The number of Topliss-reactive ketones (excluding diaryl/α,β-unsaturated/α-hetero) is 1. The van der Waals surface area contributed by atoms with E-state index in [2.05, 4.69) is 53.7 Å². The first kappa shape index (κ1) is 19.6. The van der Waals surface area contributed by atoms with E-state index in [-0.39, 0.29) is 23.2 Å². The zero-order valence-electron chi connectivity index (χ0n) is 15.6. The molecule has 2 heteroatoms. The Morgan fingerprint density at radius 2 is 1.70 bits per heavy atom. The van der Waals surface area contributed by atoms with Crippen LogP contribution in [0, 0.1) is 16.7 Å². The van der Waals surface area contributed by atoms with Crippen molar-refractivity contribution in [3.8, 4) is 0 Å². The van der Waals surface area contributed by atoms with Gasteiger partial charge in [0.05, 0.1) is 0 Å². The van der Waals surface area contributed by atoms with E-state index in [1.54, 1.807) is 0 Å². The zero-order chi connectivity index (χ0) is 17.5. The molecule has 1 unspecified atom stereocenters. The molecule has 0 aromatic heterocycles. The van der Waals surface area contributed by atoms with E-state index in [4.69, 9.17) is 4.74 Å². The molecule has 2 nitrogen and oxygen atoms in total.